The van der Waals surface area contributed by atoms with Gasteiger partial charge in [0.2, 0.25) is 0 Å². The van der Waals surface area contributed by atoms with Crippen LogP contribution >= 0.6 is 0 Å². The lowest BCUT2D eigenvalue weighted by molar-refractivity contribution is -0.141. The van der Waals surface area contributed by atoms with Crippen LogP contribution in [-0.2, 0) is 11.0 Å². The van der Waals surface area contributed by atoms with Crippen molar-refractivity contribution in [1.82, 2.24) is 4.98 Å². The van der Waals surface area contributed by atoms with E-state index in [4.69, 9.17) is 4.74 Å². The number of oxazole rings is 1. The third-order valence-electron chi connectivity index (χ3n) is 2.98. The number of carbonyl (C=O) groups is 2. The first kappa shape index (κ1) is 17.5. The number of rotatable bonds is 4. The van der Waals surface area contributed by atoms with Gasteiger partial charge in [-0.2, -0.15) is 18.2 Å². The van der Waals surface area contributed by atoms with Crippen LogP contribution in [0.4, 0.5) is 19.2 Å². The number of para-hydroxylation sites is 1. The van der Waals surface area contributed by atoms with E-state index in [0.29, 0.717) is 11.8 Å². The molecule has 0 fully saturated rings. The number of aryl methyl sites for hydroxylation is 1. The number of anilines is 1. The number of nitrogens with zero attached hydrogens (tertiary/aromatic N) is 1. The van der Waals surface area contributed by atoms with Crippen molar-refractivity contribution >= 4 is 17.9 Å². The molecule has 1 aromatic heterocycles. The van der Waals surface area contributed by atoms with Crippen LogP contribution in [-0.4, -0.2) is 16.9 Å². The Hall–Kier alpha value is -2.84. The number of aromatic nitrogens is 1. The summed E-state index contributed by atoms with van der Waals surface area (Å²) in [6, 6.07) is 3.93. The Morgan fingerprint density at radius 3 is 2.62 bits per heavy atom. The van der Waals surface area contributed by atoms with Crippen LogP contribution < -0.4 is 10.1 Å². The SMILES string of the molecule is CCC(=O)Oc1c(C)cccc1C(=O)Nc1nc(C(F)(F)F)co1. The number of alkyl halides is 3. The molecule has 0 aliphatic rings. The van der Waals surface area contributed by atoms with Crippen molar-refractivity contribution in [2.24, 2.45) is 0 Å². The van der Waals surface area contributed by atoms with Crippen LogP contribution in [0, 0.1) is 6.92 Å². The molecule has 2 rings (SSSR count). The summed E-state index contributed by atoms with van der Waals surface area (Å²) in [6.45, 7) is 3.22. The van der Waals surface area contributed by atoms with Gasteiger partial charge in [-0.05, 0) is 18.6 Å². The van der Waals surface area contributed by atoms with Gasteiger partial charge in [-0.25, -0.2) is 0 Å². The second kappa shape index (κ2) is 6.73. The van der Waals surface area contributed by atoms with E-state index < -0.39 is 29.8 Å². The van der Waals surface area contributed by atoms with E-state index in [2.05, 4.69) is 14.7 Å². The number of nitrogens with one attached hydrogen (secondary N) is 1. The largest absolute Gasteiger partial charge is 0.436 e. The lowest BCUT2D eigenvalue weighted by atomic mass is 10.1. The van der Waals surface area contributed by atoms with Gasteiger partial charge >= 0.3 is 18.2 Å². The molecular formula is C15H13F3N2O4. The molecule has 0 spiro atoms. The second-order valence-electron chi connectivity index (χ2n) is 4.77. The van der Waals surface area contributed by atoms with E-state index in [-0.39, 0.29) is 17.7 Å². The first-order chi connectivity index (χ1) is 11.2. The number of esters is 1. The summed E-state index contributed by atoms with van der Waals surface area (Å²) in [5, 5.41) is 2.10. The van der Waals surface area contributed by atoms with Crippen molar-refractivity contribution in [3.05, 3.63) is 41.3 Å². The smallest absolute Gasteiger partial charge is 0.431 e. The van der Waals surface area contributed by atoms with Crippen LogP contribution in [0.5, 0.6) is 5.75 Å². The molecule has 1 N–H and O–H groups in total. The highest BCUT2D eigenvalue weighted by molar-refractivity contribution is 6.05. The zero-order valence-electron chi connectivity index (χ0n) is 12.7. The predicted octanol–water partition coefficient (Wildman–Crippen LogP) is 3.57. The molecule has 0 saturated carbocycles. The van der Waals surface area contributed by atoms with Gasteiger partial charge in [0.05, 0.1) is 5.56 Å². The van der Waals surface area contributed by atoms with Crippen molar-refractivity contribution in [2.75, 3.05) is 5.32 Å². The Kier molecular flexibility index (Phi) is 4.91. The fourth-order valence-corrected chi connectivity index (χ4v) is 1.78. The summed E-state index contributed by atoms with van der Waals surface area (Å²) in [7, 11) is 0. The molecule has 0 saturated heterocycles. The molecule has 128 valence electrons. The van der Waals surface area contributed by atoms with Crippen molar-refractivity contribution in [3.63, 3.8) is 0 Å². The molecule has 0 bridgehead atoms. The number of benzene rings is 1. The van der Waals surface area contributed by atoms with Crippen molar-refractivity contribution < 1.29 is 31.9 Å². The summed E-state index contributed by atoms with van der Waals surface area (Å²) in [6.07, 6.45) is -4.19. The monoisotopic (exact) mass is 342 g/mol. The number of carbonyl (C=O) groups excluding carboxylic acids is 2. The fourth-order valence-electron chi connectivity index (χ4n) is 1.78. The van der Waals surface area contributed by atoms with Gasteiger partial charge in [-0.3, -0.25) is 14.9 Å². The van der Waals surface area contributed by atoms with Crippen LogP contribution in [0.2, 0.25) is 0 Å². The number of hydrogen-bond donors (Lipinski definition) is 1. The second-order valence-corrected chi connectivity index (χ2v) is 4.77. The summed E-state index contributed by atoms with van der Waals surface area (Å²) >= 11 is 0. The van der Waals surface area contributed by atoms with Gasteiger partial charge < -0.3 is 9.15 Å². The molecule has 24 heavy (non-hydrogen) atoms. The van der Waals surface area contributed by atoms with Gasteiger partial charge in [-0.1, -0.05) is 19.1 Å². The van der Waals surface area contributed by atoms with Gasteiger partial charge in [0.15, 0.2) is 5.69 Å². The predicted molar refractivity (Wildman–Crippen MR) is 76.6 cm³/mol. The van der Waals surface area contributed by atoms with Crippen LogP contribution in [0.15, 0.2) is 28.9 Å². The molecule has 1 heterocycles. The highest BCUT2D eigenvalue weighted by Gasteiger charge is 2.35. The maximum Gasteiger partial charge on any atom is 0.436 e. The summed E-state index contributed by atoms with van der Waals surface area (Å²) in [5.74, 6) is -1.33. The molecule has 0 aliphatic carbocycles. The Bertz CT molecular complexity index is 768. The molecule has 9 heteroatoms. The average Bonchev–Trinajstić information content (AvgIpc) is 2.97. The van der Waals surface area contributed by atoms with Crippen LogP contribution in [0.25, 0.3) is 0 Å². The number of ether oxygens (including phenoxy) is 1. The van der Waals surface area contributed by atoms with Crippen molar-refractivity contribution in [3.8, 4) is 5.75 Å². The van der Waals surface area contributed by atoms with Crippen LogP contribution in [0.3, 0.4) is 0 Å². The lowest BCUT2D eigenvalue weighted by Gasteiger charge is -2.11. The zero-order valence-corrected chi connectivity index (χ0v) is 12.7. The summed E-state index contributed by atoms with van der Waals surface area (Å²) in [5.41, 5.74) is -0.768. The molecule has 0 atom stereocenters. The minimum Gasteiger partial charge on any atom is -0.431 e. The maximum atomic E-state index is 12.5. The molecule has 0 aliphatic heterocycles. The number of amides is 1. The van der Waals surface area contributed by atoms with E-state index in [1.165, 1.54) is 6.07 Å². The molecule has 0 unspecified atom stereocenters. The number of hydrogen-bond acceptors (Lipinski definition) is 5. The molecular weight excluding hydrogens is 329 g/mol. The Balaban J connectivity index is 2.25. The molecule has 6 nitrogen and oxygen atoms in total. The fraction of sp³-hybridized carbons (Fsp3) is 0.267. The normalized spacial score (nSPS) is 11.2. The zero-order chi connectivity index (χ0) is 17.9. The minimum absolute atomic E-state index is 0.0245. The van der Waals surface area contributed by atoms with E-state index in [0.717, 1.165) is 0 Å². The lowest BCUT2D eigenvalue weighted by Crippen LogP contribution is -2.17. The summed E-state index contributed by atoms with van der Waals surface area (Å²) in [4.78, 5) is 26.8. The first-order valence-corrected chi connectivity index (χ1v) is 6.86. The van der Waals surface area contributed by atoms with Crippen molar-refractivity contribution in [2.45, 2.75) is 26.4 Å². The average molecular weight is 342 g/mol. The third-order valence-corrected chi connectivity index (χ3v) is 2.98. The van der Waals surface area contributed by atoms with E-state index >= 15 is 0 Å². The van der Waals surface area contributed by atoms with E-state index in [1.807, 2.05) is 0 Å². The highest BCUT2D eigenvalue weighted by atomic mass is 19.4. The Morgan fingerprint density at radius 2 is 2.04 bits per heavy atom. The third kappa shape index (κ3) is 3.92. The minimum atomic E-state index is -4.68. The van der Waals surface area contributed by atoms with Crippen molar-refractivity contribution in [1.29, 1.82) is 0 Å². The van der Waals surface area contributed by atoms with E-state index in [1.54, 1.807) is 26.0 Å². The van der Waals surface area contributed by atoms with Crippen LogP contribution in [0.1, 0.15) is 35.0 Å². The van der Waals surface area contributed by atoms with Gasteiger partial charge in [0, 0.05) is 6.42 Å². The topological polar surface area (TPSA) is 81.4 Å². The highest BCUT2D eigenvalue weighted by Crippen LogP contribution is 2.30. The first-order valence-electron chi connectivity index (χ1n) is 6.86. The molecule has 2 aromatic rings. The van der Waals surface area contributed by atoms with Gasteiger partial charge in [0.25, 0.3) is 5.91 Å². The summed E-state index contributed by atoms with van der Waals surface area (Å²) < 4.78 is 47.1. The van der Waals surface area contributed by atoms with Gasteiger partial charge in [-0.15, -0.1) is 0 Å². The van der Waals surface area contributed by atoms with Gasteiger partial charge in [0.1, 0.15) is 12.0 Å². The Morgan fingerprint density at radius 1 is 1.33 bits per heavy atom. The molecule has 0 radical (unpaired) electrons. The molecule has 1 amide bonds. The quantitative estimate of drug-likeness (QED) is 0.678. The molecule has 1 aromatic carbocycles. The maximum absolute atomic E-state index is 12.5. The number of halogens is 3. The standard InChI is InChI=1S/C15H13F3N2O4/c1-3-11(21)24-12-8(2)5-4-6-9(12)13(22)20-14-19-10(7-23-14)15(16,17)18/h4-7H,3H2,1-2H3,(H,19,20,22). The van der Waals surface area contributed by atoms with E-state index in [9.17, 15) is 22.8 Å². The Labute approximate surface area is 134 Å².